The average molecular weight is 235 g/mol. The molecule has 0 bridgehead atoms. The van der Waals surface area contributed by atoms with Gasteiger partial charge in [-0.3, -0.25) is 0 Å². The van der Waals surface area contributed by atoms with Crippen LogP contribution >= 0.6 is 0 Å². The summed E-state index contributed by atoms with van der Waals surface area (Å²) in [6, 6.07) is 0.370. The summed E-state index contributed by atoms with van der Waals surface area (Å²) in [5.41, 5.74) is 7.78. The number of aryl methyl sites for hydroxylation is 2. The first-order valence-corrected chi connectivity index (χ1v) is 6.32. The summed E-state index contributed by atoms with van der Waals surface area (Å²) in [6.07, 6.45) is 4.75. The maximum Gasteiger partial charge on any atom is 0.242 e. The molecule has 2 unspecified atom stereocenters. The molecule has 1 aliphatic rings. The highest BCUT2D eigenvalue weighted by molar-refractivity contribution is 5.24. The first-order chi connectivity index (χ1) is 8.15. The Kier molecular flexibility index (Phi) is 3.89. The zero-order valence-electron chi connectivity index (χ0n) is 10.6. The van der Waals surface area contributed by atoms with Crippen molar-refractivity contribution in [1.82, 2.24) is 15.2 Å². The van der Waals surface area contributed by atoms with Gasteiger partial charge in [0.15, 0.2) is 0 Å². The van der Waals surface area contributed by atoms with E-state index in [9.17, 15) is 0 Å². The molecule has 5 heteroatoms. The molecule has 1 aromatic heterocycles. The minimum atomic E-state index is 0.370. The summed E-state index contributed by atoms with van der Waals surface area (Å²) in [4.78, 5) is 4.36. The van der Waals surface area contributed by atoms with Gasteiger partial charge in [-0.05, 0) is 39.0 Å². The van der Waals surface area contributed by atoms with Gasteiger partial charge in [0, 0.05) is 12.6 Å². The molecule has 1 fully saturated rings. The van der Waals surface area contributed by atoms with Crippen LogP contribution in [-0.4, -0.2) is 27.8 Å². The van der Waals surface area contributed by atoms with Crippen molar-refractivity contribution >= 4 is 5.95 Å². The lowest BCUT2D eigenvalue weighted by molar-refractivity contribution is 0.334. The Morgan fingerprint density at radius 2 is 2.06 bits per heavy atom. The Balaban J connectivity index is 1.86. The van der Waals surface area contributed by atoms with Gasteiger partial charge < -0.3 is 11.1 Å². The van der Waals surface area contributed by atoms with Gasteiger partial charge in [0.25, 0.3) is 0 Å². The number of anilines is 1. The molecule has 17 heavy (non-hydrogen) atoms. The quantitative estimate of drug-likeness (QED) is 0.828. The Labute approximate surface area is 102 Å². The van der Waals surface area contributed by atoms with Crippen LogP contribution in [0.15, 0.2) is 0 Å². The molecule has 0 saturated heterocycles. The lowest BCUT2D eigenvalue weighted by Crippen LogP contribution is -2.31. The van der Waals surface area contributed by atoms with Crippen molar-refractivity contribution in [2.24, 2.45) is 11.7 Å². The molecule has 2 atom stereocenters. The predicted octanol–water partition coefficient (Wildman–Crippen LogP) is 1.42. The van der Waals surface area contributed by atoms with Crippen molar-refractivity contribution in [2.75, 3.05) is 11.9 Å². The maximum absolute atomic E-state index is 5.97. The summed E-state index contributed by atoms with van der Waals surface area (Å²) in [5, 5.41) is 11.4. The fourth-order valence-electron chi connectivity index (χ4n) is 2.29. The largest absolute Gasteiger partial charge is 0.353 e. The SMILES string of the molecule is Cc1nnc(NCC2CCCC(N)C2)nc1C. The molecular formula is C12H21N5. The van der Waals surface area contributed by atoms with Crippen molar-refractivity contribution in [1.29, 1.82) is 0 Å². The highest BCUT2D eigenvalue weighted by Crippen LogP contribution is 2.23. The summed E-state index contributed by atoms with van der Waals surface area (Å²) < 4.78 is 0. The molecule has 0 aliphatic heterocycles. The van der Waals surface area contributed by atoms with Crippen molar-refractivity contribution in [3.8, 4) is 0 Å². The molecule has 0 amide bonds. The smallest absolute Gasteiger partial charge is 0.242 e. The van der Waals surface area contributed by atoms with Crippen LogP contribution in [-0.2, 0) is 0 Å². The molecule has 3 N–H and O–H groups in total. The Bertz CT molecular complexity index is 379. The molecule has 1 aromatic rings. The summed E-state index contributed by atoms with van der Waals surface area (Å²) in [6.45, 7) is 4.77. The van der Waals surface area contributed by atoms with Gasteiger partial charge in [-0.2, -0.15) is 5.10 Å². The number of hydrogen-bond acceptors (Lipinski definition) is 5. The third-order valence-corrected chi connectivity index (χ3v) is 3.46. The van der Waals surface area contributed by atoms with E-state index in [-0.39, 0.29) is 0 Å². The molecule has 1 aliphatic carbocycles. The number of nitrogens with two attached hydrogens (primary N) is 1. The minimum absolute atomic E-state index is 0.370. The molecule has 0 spiro atoms. The average Bonchev–Trinajstić information content (AvgIpc) is 2.31. The first-order valence-electron chi connectivity index (χ1n) is 6.32. The first kappa shape index (κ1) is 12.2. The summed E-state index contributed by atoms with van der Waals surface area (Å²) >= 11 is 0. The van der Waals surface area contributed by atoms with Gasteiger partial charge in [0.1, 0.15) is 0 Å². The van der Waals surface area contributed by atoms with E-state index in [1.54, 1.807) is 0 Å². The van der Waals surface area contributed by atoms with Gasteiger partial charge in [-0.15, -0.1) is 5.10 Å². The zero-order valence-corrected chi connectivity index (χ0v) is 10.6. The Hall–Kier alpha value is -1.23. The van der Waals surface area contributed by atoms with Crippen LogP contribution in [0.5, 0.6) is 0 Å². The van der Waals surface area contributed by atoms with Crippen LogP contribution in [0.2, 0.25) is 0 Å². The summed E-state index contributed by atoms with van der Waals surface area (Å²) in [5.74, 6) is 1.27. The molecule has 0 aromatic carbocycles. The second kappa shape index (κ2) is 5.40. The topological polar surface area (TPSA) is 76.7 Å². The Morgan fingerprint density at radius 3 is 2.76 bits per heavy atom. The normalized spacial score (nSPS) is 24.6. The van der Waals surface area contributed by atoms with Gasteiger partial charge in [0.2, 0.25) is 5.95 Å². The van der Waals surface area contributed by atoms with E-state index in [2.05, 4.69) is 20.5 Å². The number of nitrogens with one attached hydrogen (secondary N) is 1. The number of nitrogens with zero attached hydrogens (tertiary/aromatic N) is 3. The van der Waals surface area contributed by atoms with Gasteiger partial charge in [0.05, 0.1) is 11.4 Å². The summed E-state index contributed by atoms with van der Waals surface area (Å²) in [7, 11) is 0. The monoisotopic (exact) mass is 235 g/mol. The van der Waals surface area contributed by atoms with E-state index in [0.717, 1.165) is 30.8 Å². The fraction of sp³-hybridized carbons (Fsp3) is 0.750. The van der Waals surface area contributed by atoms with Crippen LogP contribution in [0.1, 0.15) is 37.1 Å². The number of aromatic nitrogens is 3. The second-order valence-corrected chi connectivity index (χ2v) is 4.98. The molecule has 5 nitrogen and oxygen atoms in total. The van der Waals surface area contributed by atoms with E-state index < -0.39 is 0 Å². The van der Waals surface area contributed by atoms with E-state index in [1.165, 1.54) is 12.8 Å². The zero-order chi connectivity index (χ0) is 12.3. The third kappa shape index (κ3) is 3.36. The van der Waals surface area contributed by atoms with E-state index in [4.69, 9.17) is 5.73 Å². The molecule has 1 saturated carbocycles. The minimum Gasteiger partial charge on any atom is -0.353 e. The lowest BCUT2D eigenvalue weighted by Gasteiger charge is -2.26. The van der Waals surface area contributed by atoms with Gasteiger partial charge in [-0.25, -0.2) is 4.98 Å². The molecule has 0 radical (unpaired) electrons. The third-order valence-electron chi connectivity index (χ3n) is 3.46. The van der Waals surface area contributed by atoms with Crippen molar-refractivity contribution in [3.63, 3.8) is 0 Å². The van der Waals surface area contributed by atoms with E-state index in [1.807, 2.05) is 13.8 Å². The Morgan fingerprint density at radius 1 is 1.24 bits per heavy atom. The number of hydrogen-bond donors (Lipinski definition) is 2. The maximum atomic E-state index is 5.97. The molecule has 94 valence electrons. The van der Waals surface area contributed by atoms with Gasteiger partial charge >= 0.3 is 0 Å². The fourth-order valence-corrected chi connectivity index (χ4v) is 2.29. The van der Waals surface area contributed by atoms with Crippen LogP contribution in [0.25, 0.3) is 0 Å². The van der Waals surface area contributed by atoms with Crippen LogP contribution in [0.4, 0.5) is 5.95 Å². The van der Waals surface area contributed by atoms with Crippen LogP contribution in [0, 0.1) is 19.8 Å². The van der Waals surface area contributed by atoms with Crippen LogP contribution in [0.3, 0.4) is 0 Å². The van der Waals surface area contributed by atoms with Crippen molar-refractivity contribution in [2.45, 2.75) is 45.6 Å². The van der Waals surface area contributed by atoms with Crippen LogP contribution < -0.4 is 11.1 Å². The second-order valence-electron chi connectivity index (χ2n) is 4.98. The standard InChI is InChI=1S/C12H21N5/c1-8-9(2)16-17-12(15-8)14-7-10-4-3-5-11(13)6-10/h10-11H,3-7,13H2,1-2H3,(H,14,15,17). The van der Waals surface area contributed by atoms with E-state index >= 15 is 0 Å². The van der Waals surface area contributed by atoms with Crippen molar-refractivity contribution < 1.29 is 0 Å². The molecule has 2 rings (SSSR count). The van der Waals surface area contributed by atoms with Crippen molar-refractivity contribution in [3.05, 3.63) is 11.4 Å². The highest BCUT2D eigenvalue weighted by Gasteiger charge is 2.19. The van der Waals surface area contributed by atoms with E-state index in [0.29, 0.717) is 17.9 Å². The molecule has 1 heterocycles. The highest BCUT2D eigenvalue weighted by atomic mass is 15.2. The predicted molar refractivity (Wildman–Crippen MR) is 67.7 cm³/mol. The number of rotatable bonds is 3. The lowest BCUT2D eigenvalue weighted by atomic mass is 9.86. The molecular weight excluding hydrogens is 214 g/mol. The van der Waals surface area contributed by atoms with Gasteiger partial charge in [-0.1, -0.05) is 6.42 Å².